The number of nitrogens with one attached hydrogen (secondary N) is 1. The van der Waals surface area contributed by atoms with Gasteiger partial charge in [0.2, 0.25) is 5.91 Å². The molecule has 1 aliphatic rings. The van der Waals surface area contributed by atoms with Crippen molar-refractivity contribution < 1.29 is 9.90 Å². The van der Waals surface area contributed by atoms with E-state index in [0.29, 0.717) is 6.54 Å². The zero-order valence-corrected chi connectivity index (χ0v) is 14.6. The third kappa shape index (κ3) is 4.97. The summed E-state index contributed by atoms with van der Waals surface area (Å²) in [5, 5.41) is 16.2. The highest BCUT2D eigenvalue weighted by atomic mass is 32.2. The summed E-state index contributed by atoms with van der Waals surface area (Å²) >= 11 is 3.46. The van der Waals surface area contributed by atoms with E-state index in [-0.39, 0.29) is 17.7 Å². The predicted octanol–water partition coefficient (Wildman–Crippen LogP) is 2.36. The normalized spacial score (nSPS) is 18.5. The monoisotopic (exact) mass is 328 g/mol. The van der Waals surface area contributed by atoms with Crippen LogP contribution >= 0.6 is 23.1 Å². The van der Waals surface area contributed by atoms with Crippen LogP contribution < -0.4 is 5.32 Å². The first-order chi connectivity index (χ1) is 9.78. The Morgan fingerprint density at radius 3 is 2.67 bits per heavy atom. The lowest BCUT2D eigenvalue weighted by Gasteiger charge is -2.31. The molecule has 0 atom stereocenters. The Morgan fingerprint density at radius 2 is 2.10 bits per heavy atom. The van der Waals surface area contributed by atoms with Gasteiger partial charge in [-0.1, -0.05) is 20.8 Å². The van der Waals surface area contributed by atoms with E-state index in [1.165, 1.54) is 0 Å². The molecule has 0 aromatic carbocycles. The number of thiazole rings is 1. The van der Waals surface area contributed by atoms with Gasteiger partial charge >= 0.3 is 0 Å². The van der Waals surface area contributed by atoms with Gasteiger partial charge in [0.25, 0.3) is 0 Å². The lowest BCUT2D eigenvalue weighted by molar-refractivity contribution is -0.121. The predicted molar refractivity (Wildman–Crippen MR) is 89.0 cm³/mol. The summed E-state index contributed by atoms with van der Waals surface area (Å²) in [5.74, 6) is 1.87. The number of hydrogen-bond donors (Lipinski definition) is 2. The van der Waals surface area contributed by atoms with Crippen molar-refractivity contribution in [2.24, 2.45) is 0 Å². The number of aliphatic hydroxyl groups is 1. The molecule has 2 N–H and O–H groups in total. The lowest BCUT2D eigenvalue weighted by atomic mass is 9.97. The summed E-state index contributed by atoms with van der Waals surface area (Å²) < 4.78 is 0. The maximum atomic E-state index is 12.0. The fraction of sp³-hybridized carbons (Fsp3) is 0.733. The minimum atomic E-state index is -0.723. The van der Waals surface area contributed by atoms with E-state index in [9.17, 15) is 9.90 Å². The number of hydrogen-bond acceptors (Lipinski definition) is 5. The highest BCUT2D eigenvalue weighted by molar-refractivity contribution is 7.99. The molecule has 0 bridgehead atoms. The molecule has 1 fully saturated rings. The van der Waals surface area contributed by atoms with Crippen LogP contribution in [0.15, 0.2) is 5.38 Å². The summed E-state index contributed by atoms with van der Waals surface area (Å²) in [6.45, 7) is 6.70. The van der Waals surface area contributed by atoms with Crippen LogP contribution in [0.2, 0.25) is 0 Å². The van der Waals surface area contributed by atoms with Gasteiger partial charge in [-0.2, -0.15) is 11.8 Å². The molecule has 2 heterocycles. The van der Waals surface area contributed by atoms with Gasteiger partial charge in [0.15, 0.2) is 0 Å². The second-order valence-corrected chi connectivity index (χ2v) is 8.77. The van der Waals surface area contributed by atoms with Crippen molar-refractivity contribution in [2.45, 2.75) is 51.0 Å². The Morgan fingerprint density at radius 1 is 1.43 bits per heavy atom. The Bertz CT molecular complexity index is 488. The van der Waals surface area contributed by atoms with Gasteiger partial charge in [-0.05, 0) is 24.3 Å². The van der Waals surface area contributed by atoms with Crippen LogP contribution in [0.5, 0.6) is 0 Å². The smallest absolute Gasteiger partial charge is 0.226 e. The average molecular weight is 329 g/mol. The Labute approximate surface area is 134 Å². The Hall–Kier alpha value is -0.590. The molecule has 6 heteroatoms. The fourth-order valence-electron chi connectivity index (χ4n) is 2.15. The number of carbonyl (C=O) groups excluding carboxylic acids is 1. The van der Waals surface area contributed by atoms with Gasteiger partial charge < -0.3 is 10.4 Å². The molecular weight excluding hydrogens is 304 g/mol. The van der Waals surface area contributed by atoms with Crippen molar-refractivity contribution in [3.8, 4) is 0 Å². The van der Waals surface area contributed by atoms with E-state index in [1.807, 2.05) is 17.1 Å². The first kappa shape index (κ1) is 16.8. The largest absolute Gasteiger partial charge is 0.388 e. The molecule has 1 aromatic rings. The van der Waals surface area contributed by atoms with Gasteiger partial charge in [-0.25, -0.2) is 4.98 Å². The van der Waals surface area contributed by atoms with Gasteiger partial charge in [0, 0.05) is 17.3 Å². The number of rotatable bonds is 4. The quantitative estimate of drug-likeness (QED) is 0.891. The molecule has 0 aliphatic carbocycles. The summed E-state index contributed by atoms with van der Waals surface area (Å²) in [5.41, 5.74) is 0.113. The minimum absolute atomic E-state index is 0.0221. The number of nitrogens with zero attached hydrogens (tertiary/aromatic N) is 1. The molecule has 118 valence electrons. The maximum Gasteiger partial charge on any atom is 0.226 e. The molecule has 0 saturated carbocycles. The summed E-state index contributed by atoms with van der Waals surface area (Å²) in [4.78, 5) is 16.5. The van der Waals surface area contributed by atoms with E-state index >= 15 is 0 Å². The fourth-order valence-corrected chi connectivity index (χ4v) is 4.31. The number of thioether (sulfide) groups is 1. The summed E-state index contributed by atoms with van der Waals surface area (Å²) in [7, 11) is 0. The van der Waals surface area contributed by atoms with Gasteiger partial charge in [0.1, 0.15) is 0 Å². The van der Waals surface area contributed by atoms with Crippen LogP contribution in [-0.2, 0) is 16.6 Å². The second kappa shape index (κ2) is 6.67. The summed E-state index contributed by atoms with van der Waals surface area (Å²) in [6.07, 6.45) is 1.79. The number of carbonyl (C=O) groups is 1. The molecule has 0 unspecified atom stereocenters. The first-order valence-corrected chi connectivity index (χ1v) is 9.34. The third-order valence-corrected chi connectivity index (χ3v) is 5.88. The molecule has 0 radical (unpaired) electrons. The molecule has 2 rings (SSSR count). The Balaban J connectivity index is 1.83. The van der Waals surface area contributed by atoms with E-state index in [2.05, 4.69) is 31.1 Å². The Kier molecular flexibility index (Phi) is 5.33. The van der Waals surface area contributed by atoms with Gasteiger partial charge in [0.05, 0.1) is 22.7 Å². The van der Waals surface area contributed by atoms with Crippen molar-refractivity contribution in [1.82, 2.24) is 10.3 Å². The average Bonchev–Trinajstić information content (AvgIpc) is 2.86. The number of aromatic nitrogens is 1. The van der Waals surface area contributed by atoms with Crippen molar-refractivity contribution in [2.75, 3.05) is 18.1 Å². The standard InChI is InChI=1S/C15H24N2O2S2/c1-14(2,3)13-17-11(9-21-13)8-12(18)16-10-15(19)4-6-20-7-5-15/h9,19H,4-8,10H2,1-3H3,(H,16,18). The highest BCUT2D eigenvalue weighted by Crippen LogP contribution is 2.27. The van der Waals surface area contributed by atoms with Gasteiger partial charge in [-0.3, -0.25) is 4.79 Å². The van der Waals surface area contributed by atoms with Crippen LogP contribution in [0.3, 0.4) is 0 Å². The van der Waals surface area contributed by atoms with Crippen LogP contribution in [0.1, 0.15) is 44.3 Å². The highest BCUT2D eigenvalue weighted by Gasteiger charge is 2.29. The number of amides is 1. The first-order valence-electron chi connectivity index (χ1n) is 7.30. The lowest BCUT2D eigenvalue weighted by Crippen LogP contribution is -2.45. The van der Waals surface area contributed by atoms with Crippen LogP contribution in [-0.4, -0.2) is 39.6 Å². The van der Waals surface area contributed by atoms with Crippen LogP contribution in [0.25, 0.3) is 0 Å². The van der Waals surface area contributed by atoms with Crippen molar-refractivity contribution in [3.05, 3.63) is 16.1 Å². The molecular formula is C15H24N2O2S2. The van der Waals surface area contributed by atoms with E-state index in [0.717, 1.165) is 35.0 Å². The molecule has 1 aromatic heterocycles. The minimum Gasteiger partial charge on any atom is -0.388 e. The molecule has 1 amide bonds. The zero-order chi connectivity index (χ0) is 15.5. The van der Waals surface area contributed by atoms with Crippen molar-refractivity contribution in [3.63, 3.8) is 0 Å². The van der Waals surface area contributed by atoms with Gasteiger partial charge in [-0.15, -0.1) is 11.3 Å². The second-order valence-electron chi connectivity index (χ2n) is 6.68. The molecule has 4 nitrogen and oxygen atoms in total. The van der Waals surface area contributed by atoms with E-state index in [1.54, 1.807) is 11.3 Å². The zero-order valence-electron chi connectivity index (χ0n) is 12.9. The van der Waals surface area contributed by atoms with Crippen molar-refractivity contribution in [1.29, 1.82) is 0 Å². The molecule has 21 heavy (non-hydrogen) atoms. The van der Waals surface area contributed by atoms with Crippen molar-refractivity contribution >= 4 is 29.0 Å². The van der Waals surface area contributed by atoms with E-state index in [4.69, 9.17) is 0 Å². The summed E-state index contributed by atoms with van der Waals surface area (Å²) in [6, 6.07) is 0. The van der Waals surface area contributed by atoms with Crippen LogP contribution in [0.4, 0.5) is 0 Å². The van der Waals surface area contributed by atoms with E-state index < -0.39 is 5.60 Å². The molecule has 0 spiro atoms. The van der Waals surface area contributed by atoms with Crippen LogP contribution in [0, 0.1) is 0 Å². The SMILES string of the molecule is CC(C)(C)c1nc(CC(=O)NCC2(O)CCSCC2)cs1. The maximum absolute atomic E-state index is 12.0. The third-order valence-electron chi connectivity index (χ3n) is 3.57. The molecule has 1 aliphatic heterocycles. The topological polar surface area (TPSA) is 62.2 Å². The molecule has 1 saturated heterocycles.